The Morgan fingerprint density at radius 2 is 2.03 bits per heavy atom. The SMILES string of the molecule is C[C@H](C(=O)N1CCC[C@@H](O)C1)N1CC[C@@]2(CCC1=O)CC(=O)c1ccccc1O2. The summed E-state index contributed by atoms with van der Waals surface area (Å²) in [5.74, 6) is 0.407. The number of Topliss-reactive ketones (excluding diaryl/α,β-unsaturated/α-hetero) is 1. The highest BCUT2D eigenvalue weighted by Crippen LogP contribution is 2.39. The fraction of sp³-hybridized carbons (Fsp3) is 0.591. The van der Waals surface area contributed by atoms with Gasteiger partial charge in [-0.1, -0.05) is 12.1 Å². The van der Waals surface area contributed by atoms with Gasteiger partial charge in [0.05, 0.1) is 18.1 Å². The highest BCUT2D eigenvalue weighted by atomic mass is 16.5. The number of fused-ring (bicyclic) bond motifs is 1. The highest BCUT2D eigenvalue weighted by molar-refractivity contribution is 6.00. The minimum absolute atomic E-state index is 0.0409. The number of hydrogen-bond acceptors (Lipinski definition) is 5. The maximum atomic E-state index is 12.9. The second kappa shape index (κ2) is 7.78. The first-order chi connectivity index (χ1) is 13.9. The molecule has 156 valence electrons. The molecule has 1 aromatic rings. The minimum Gasteiger partial charge on any atom is -0.486 e. The van der Waals surface area contributed by atoms with Crippen LogP contribution in [-0.4, -0.2) is 69.9 Å². The van der Waals surface area contributed by atoms with Crippen LogP contribution in [-0.2, 0) is 9.59 Å². The van der Waals surface area contributed by atoms with E-state index in [2.05, 4.69) is 0 Å². The van der Waals surface area contributed by atoms with Gasteiger partial charge in [0, 0.05) is 32.5 Å². The quantitative estimate of drug-likeness (QED) is 0.818. The summed E-state index contributed by atoms with van der Waals surface area (Å²) >= 11 is 0. The van der Waals surface area contributed by atoms with Crippen molar-refractivity contribution in [2.24, 2.45) is 0 Å². The third kappa shape index (κ3) is 3.88. The summed E-state index contributed by atoms with van der Waals surface area (Å²) in [4.78, 5) is 41.7. The van der Waals surface area contributed by atoms with E-state index >= 15 is 0 Å². The van der Waals surface area contributed by atoms with Gasteiger partial charge in [0.2, 0.25) is 11.8 Å². The molecule has 2 saturated heterocycles. The zero-order valence-corrected chi connectivity index (χ0v) is 16.8. The third-order valence-corrected chi connectivity index (χ3v) is 6.45. The van der Waals surface area contributed by atoms with E-state index in [0.29, 0.717) is 50.2 Å². The molecule has 0 bridgehead atoms. The summed E-state index contributed by atoms with van der Waals surface area (Å²) in [6, 6.07) is 6.64. The van der Waals surface area contributed by atoms with Crippen molar-refractivity contribution >= 4 is 17.6 Å². The number of carbonyl (C=O) groups is 3. The number of nitrogens with zero attached hydrogens (tertiary/aromatic N) is 2. The van der Waals surface area contributed by atoms with Gasteiger partial charge in [0.1, 0.15) is 17.4 Å². The standard InChI is InChI=1S/C22H28N2O5/c1-15(21(28)23-11-4-5-16(25)14-23)24-12-10-22(9-8-20(24)27)13-18(26)17-6-2-3-7-19(17)29-22/h2-3,6-7,15-16,25H,4-5,8-14H2,1H3/t15-,16-,22+/m1/s1. The number of para-hydroxylation sites is 1. The molecule has 1 N–H and O–H groups in total. The number of β-amino-alcohol motifs (C(OH)–C–C–N with tert-alkyl or cyclic N) is 1. The molecule has 0 unspecified atom stereocenters. The van der Waals surface area contributed by atoms with Crippen molar-refractivity contribution < 1.29 is 24.2 Å². The Morgan fingerprint density at radius 3 is 2.83 bits per heavy atom. The summed E-state index contributed by atoms with van der Waals surface area (Å²) in [6.07, 6.45) is 2.46. The van der Waals surface area contributed by atoms with Crippen LogP contribution in [0.1, 0.15) is 55.8 Å². The number of aliphatic hydroxyl groups is 1. The van der Waals surface area contributed by atoms with Crippen molar-refractivity contribution in [2.45, 2.75) is 63.2 Å². The second-order valence-corrected chi connectivity index (χ2v) is 8.47. The molecule has 7 heteroatoms. The summed E-state index contributed by atoms with van der Waals surface area (Å²) in [5, 5.41) is 9.87. The first kappa shape index (κ1) is 19.9. The molecule has 0 aliphatic carbocycles. The smallest absolute Gasteiger partial charge is 0.245 e. The molecule has 3 aliphatic heterocycles. The van der Waals surface area contributed by atoms with E-state index in [1.54, 1.807) is 28.9 Å². The molecular formula is C22H28N2O5. The van der Waals surface area contributed by atoms with Gasteiger partial charge in [-0.25, -0.2) is 0 Å². The van der Waals surface area contributed by atoms with Gasteiger partial charge in [-0.3, -0.25) is 14.4 Å². The number of amides is 2. The average Bonchev–Trinajstić information content (AvgIpc) is 2.86. The molecule has 0 saturated carbocycles. The molecule has 2 amide bonds. The normalized spacial score (nSPS) is 28.6. The van der Waals surface area contributed by atoms with Gasteiger partial charge < -0.3 is 19.6 Å². The molecule has 2 fully saturated rings. The predicted molar refractivity (Wildman–Crippen MR) is 106 cm³/mol. The van der Waals surface area contributed by atoms with E-state index < -0.39 is 17.7 Å². The summed E-state index contributed by atoms with van der Waals surface area (Å²) < 4.78 is 6.25. The van der Waals surface area contributed by atoms with E-state index in [4.69, 9.17) is 4.74 Å². The van der Waals surface area contributed by atoms with E-state index in [9.17, 15) is 19.5 Å². The molecule has 3 aliphatic rings. The van der Waals surface area contributed by atoms with Gasteiger partial charge in [-0.15, -0.1) is 0 Å². The predicted octanol–water partition coefficient (Wildman–Crippen LogP) is 1.77. The van der Waals surface area contributed by atoms with Crippen LogP contribution in [0.3, 0.4) is 0 Å². The lowest BCUT2D eigenvalue weighted by molar-refractivity contribution is -0.146. The maximum absolute atomic E-state index is 12.9. The topological polar surface area (TPSA) is 87.2 Å². The molecule has 3 atom stereocenters. The van der Waals surface area contributed by atoms with E-state index in [1.165, 1.54) is 0 Å². The van der Waals surface area contributed by atoms with Gasteiger partial charge in [-0.05, 0) is 38.3 Å². The Labute approximate surface area is 170 Å². The van der Waals surface area contributed by atoms with Crippen molar-refractivity contribution in [3.8, 4) is 5.75 Å². The monoisotopic (exact) mass is 400 g/mol. The van der Waals surface area contributed by atoms with Crippen molar-refractivity contribution in [3.63, 3.8) is 0 Å². The first-order valence-corrected chi connectivity index (χ1v) is 10.5. The van der Waals surface area contributed by atoms with Crippen LogP contribution in [0, 0.1) is 0 Å². The lowest BCUT2D eigenvalue weighted by Gasteiger charge is -2.38. The lowest BCUT2D eigenvalue weighted by atomic mass is 9.84. The van der Waals surface area contributed by atoms with Crippen molar-refractivity contribution in [3.05, 3.63) is 29.8 Å². The number of hydrogen-bond donors (Lipinski definition) is 1. The Bertz CT molecular complexity index is 825. The Hall–Kier alpha value is -2.41. The first-order valence-electron chi connectivity index (χ1n) is 10.5. The molecule has 1 aromatic carbocycles. The van der Waals surface area contributed by atoms with Crippen molar-refractivity contribution in [1.29, 1.82) is 0 Å². The largest absolute Gasteiger partial charge is 0.486 e. The van der Waals surface area contributed by atoms with Gasteiger partial charge in [0.25, 0.3) is 0 Å². The number of carbonyl (C=O) groups excluding carboxylic acids is 3. The summed E-state index contributed by atoms with van der Waals surface area (Å²) in [7, 11) is 0. The molecule has 0 aromatic heterocycles. The molecule has 7 nitrogen and oxygen atoms in total. The molecule has 0 radical (unpaired) electrons. The molecule has 1 spiro atoms. The van der Waals surface area contributed by atoms with E-state index in [-0.39, 0.29) is 30.4 Å². The van der Waals surface area contributed by atoms with Crippen LogP contribution in [0.5, 0.6) is 5.75 Å². The second-order valence-electron chi connectivity index (χ2n) is 8.47. The fourth-order valence-corrected chi connectivity index (χ4v) is 4.74. The lowest BCUT2D eigenvalue weighted by Crippen LogP contribution is -2.52. The van der Waals surface area contributed by atoms with Crippen LogP contribution >= 0.6 is 0 Å². The fourth-order valence-electron chi connectivity index (χ4n) is 4.74. The number of ketones is 1. The third-order valence-electron chi connectivity index (χ3n) is 6.45. The highest BCUT2D eigenvalue weighted by Gasteiger charge is 2.44. The number of rotatable bonds is 2. The molecule has 29 heavy (non-hydrogen) atoms. The number of piperidine rings is 1. The summed E-state index contributed by atoms with van der Waals surface area (Å²) in [6.45, 7) is 3.06. The van der Waals surface area contributed by atoms with Gasteiger partial charge >= 0.3 is 0 Å². The average molecular weight is 400 g/mol. The number of benzene rings is 1. The van der Waals surface area contributed by atoms with Crippen molar-refractivity contribution in [2.75, 3.05) is 19.6 Å². The van der Waals surface area contributed by atoms with Crippen LogP contribution < -0.4 is 4.74 Å². The maximum Gasteiger partial charge on any atom is 0.245 e. The number of ether oxygens (including phenoxy) is 1. The van der Waals surface area contributed by atoms with E-state index in [1.807, 2.05) is 12.1 Å². The minimum atomic E-state index is -0.695. The zero-order chi connectivity index (χ0) is 20.6. The molecule has 3 heterocycles. The van der Waals surface area contributed by atoms with E-state index in [0.717, 1.165) is 6.42 Å². The van der Waals surface area contributed by atoms with Crippen molar-refractivity contribution in [1.82, 2.24) is 9.80 Å². The zero-order valence-electron chi connectivity index (χ0n) is 16.8. The number of aliphatic hydroxyl groups excluding tert-OH is 1. The Morgan fingerprint density at radius 1 is 1.24 bits per heavy atom. The molecule has 4 rings (SSSR count). The van der Waals surface area contributed by atoms with Crippen LogP contribution in [0.25, 0.3) is 0 Å². The summed E-state index contributed by atoms with van der Waals surface area (Å²) in [5.41, 5.74) is -0.0994. The Kier molecular flexibility index (Phi) is 5.34. The van der Waals surface area contributed by atoms with Gasteiger partial charge in [-0.2, -0.15) is 0 Å². The number of likely N-dealkylation sites (tertiary alicyclic amines) is 2. The van der Waals surface area contributed by atoms with Crippen LogP contribution in [0.4, 0.5) is 0 Å². The van der Waals surface area contributed by atoms with Crippen LogP contribution in [0.15, 0.2) is 24.3 Å². The van der Waals surface area contributed by atoms with Gasteiger partial charge in [0.15, 0.2) is 5.78 Å². The van der Waals surface area contributed by atoms with Crippen LogP contribution in [0.2, 0.25) is 0 Å². The molecular weight excluding hydrogens is 372 g/mol. The Balaban J connectivity index is 1.48.